The number of carbonyl (C=O) groups excluding carboxylic acids is 2. The molecule has 7 heteroatoms. The van der Waals surface area contributed by atoms with Crippen molar-refractivity contribution in [2.45, 2.75) is 6.42 Å². The smallest absolute Gasteiger partial charge is 0.312 e. The fourth-order valence-corrected chi connectivity index (χ4v) is 3.20. The number of carbonyl (C=O) groups is 2. The van der Waals surface area contributed by atoms with E-state index in [9.17, 15) is 9.59 Å². The van der Waals surface area contributed by atoms with E-state index < -0.39 is 11.9 Å². The highest BCUT2D eigenvalue weighted by Gasteiger charge is 2.12. The Hall–Kier alpha value is -3.63. The lowest BCUT2D eigenvalue weighted by Crippen LogP contribution is -2.29. The Kier molecular flexibility index (Phi) is 6.98. The van der Waals surface area contributed by atoms with Gasteiger partial charge in [0.15, 0.2) is 6.61 Å². The first kappa shape index (κ1) is 20.1. The number of hydrogen-bond donors (Lipinski definition) is 1. The van der Waals surface area contributed by atoms with Crippen molar-refractivity contribution in [2.24, 2.45) is 0 Å². The van der Waals surface area contributed by atoms with E-state index in [1.165, 1.54) is 11.3 Å². The highest BCUT2D eigenvalue weighted by Crippen LogP contribution is 2.29. The van der Waals surface area contributed by atoms with Crippen LogP contribution in [0.1, 0.15) is 5.69 Å². The monoisotopic (exact) mass is 406 g/mol. The Morgan fingerprint density at radius 2 is 1.90 bits per heavy atom. The largest absolute Gasteiger partial charge is 0.457 e. The predicted molar refractivity (Wildman–Crippen MR) is 111 cm³/mol. The van der Waals surface area contributed by atoms with Crippen LogP contribution in [0.4, 0.5) is 0 Å². The van der Waals surface area contributed by atoms with Gasteiger partial charge in [0.1, 0.15) is 16.5 Å². The number of hydrogen-bond acceptors (Lipinski definition) is 6. The molecule has 0 bridgehead atoms. The maximum Gasteiger partial charge on any atom is 0.312 e. The molecule has 0 spiro atoms. The zero-order valence-electron chi connectivity index (χ0n) is 15.5. The van der Waals surface area contributed by atoms with Crippen molar-refractivity contribution >= 4 is 23.2 Å². The first-order valence-electron chi connectivity index (χ1n) is 8.77. The van der Waals surface area contributed by atoms with E-state index in [2.05, 4.69) is 16.2 Å². The number of nitrogens with one attached hydrogen (secondary N) is 1. The van der Waals surface area contributed by atoms with Crippen molar-refractivity contribution in [2.75, 3.05) is 13.2 Å². The van der Waals surface area contributed by atoms with Gasteiger partial charge in [0.05, 0.1) is 18.7 Å². The van der Waals surface area contributed by atoms with E-state index in [-0.39, 0.29) is 19.6 Å². The van der Waals surface area contributed by atoms with Crippen LogP contribution >= 0.6 is 11.3 Å². The molecule has 0 fully saturated rings. The molecule has 3 aromatic rings. The summed E-state index contributed by atoms with van der Waals surface area (Å²) in [5.41, 5.74) is 1.46. The Balaban J connectivity index is 1.58. The van der Waals surface area contributed by atoms with Crippen molar-refractivity contribution in [3.05, 3.63) is 65.7 Å². The first-order valence-corrected chi connectivity index (χ1v) is 9.65. The van der Waals surface area contributed by atoms with Crippen LogP contribution in [0.25, 0.3) is 10.6 Å². The molecule has 0 atom stereocenters. The van der Waals surface area contributed by atoms with Gasteiger partial charge in [-0.2, -0.15) is 0 Å². The molecule has 0 radical (unpaired) electrons. The SMILES string of the molecule is C#CCNC(=O)COC(=O)Cc1csc(-c2cccc(Oc3ccccc3)c2)n1. The van der Waals surface area contributed by atoms with E-state index in [0.29, 0.717) is 11.4 Å². The van der Waals surface area contributed by atoms with Gasteiger partial charge in [-0.05, 0) is 24.3 Å². The molecule has 0 aliphatic rings. The zero-order valence-corrected chi connectivity index (χ0v) is 16.3. The summed E-state index contributed by atoms with van der Waals surface area (Å²) in [5, 5.41) is 4.98. The van der Waals surface area contributed by atoms with E-state index in [1.807, 2.05) is 54.6 Å². The molecule has 3 rings (SSSR count). The lowest BCUT2D eigenvalue weighted by atomic mass is 10.2. The maximum atomic E-state index is 11.9. The van der Waals surface area contributed by atoms with Gasteiger partial charge in [-0.3, -0.25) is 9.59 Å². The van der Waals surface area contributed by atoms with Gasteiger partial charge in [0.25, 0.3) is 5.91 Å². The molecular weight excluding hydrogens is 388 g/mol. The minimum atomic E-state index is -0.529. The standard InChI is InChI=1S/C22H18N2O4S/c1-2-11-23-20(25)14-27-21(26)13-17-15-29-22(24-17)16-7-6-10-19(12-16)28-18-8-4-3-5-9-18/h1,3-10,12,15H,11,13-14H2,(H,23,25). The number of esters is 1. The molecule has 0 saturated carbocycles. The fourth-order valence-electron chi connectivity index (χ4n) is 2.38. The number of amides is 1. The fraction of sp³-hybridized carbons (Fsp3) is 0.136. The van der Waals surface area contributed by atoms with Crippen molar-refractivity contribution in [1.29, 1.82) is 0 Å². The Labute approximate surface area is 172 Å². The number of ether oxygens (including phenoxy) is 2. The molecule has 2 aromatic carbocycles. The lowest BCUT2D eigenvalue weighted by molar-refractivity contribution is -0.147. The molecule has 146 valence electrons. The Morgan fingerprint density at radius 1 is 1.10 bits per heavy atom. The summed E-state index contributed by atoms with van der Waals surface area (Å²) in [4.78, 5) is 27.8. The average molecular weight is 406 g/mol. The molecule has 1 amide bonds. The van der Waals surface area contributed by atoms with Crippen LogP contribution in [0, 0.1) is 12.3 Å². The maximum absolute atomic E-state index is 11.9. The van der Waals surface area contributed by atoms with Gasteiger partial charge in [0.2, 0.25) is 0 Å². The number of benzene rings is 2. The molecule has 29 heavy (non-hydrogen) atoms. The van der Waals surface area contributed by atoms with Gasteiger partial charge in [0, 0.05) is 10.9 Å². The second kappa shape index (κ2) is 10.1. The van der Waals surface area contributed by atoms with Crippen molar-refractivity contribution in [3.63, 3.8) is 0 Å². The van der Waals surface area contributed by atoms with Crippen LogP contribution < -0.4 is 10.1 Å². The Morgan fingerprint density at radius 3 is 2.69 bits per heavy atom. The summed E-state index contributed by atoms with van der Waals surface area (Å²) >= 11 is 1.42. The number of rotatable bonds is 8. The van der Waals surface area contributed by atoms with Gasteiger partial charge >= 0.3 is 5.97 Å². The van der Waals surface area contributed by atoms with Gasteiger partial charge in [-0.15, -0.1) is 17.8 Å². The third-order valence-corrected chi connectivity index (χ3v) is 4.63. The second-order valence-corrected chi connectivity index (χ2v) is 6.76. The van der Waals surface area contributed by atoms with Gasteiger partial charge in [-0.1, -0.05) is 36.3 Å². The van der Waals surface area contributed by atoms with Crippen molar-refractivity contribution < 1.29 is 19.1 Å². The normalized spacial score (nSPS) is 10.0. The van der Waals surface area contributed by atoms with E-state index >= 15 is 0 Å². The van der Waals surface area contributed by atoms with Crippen LogP contribution in [-0.4, -0.2) is 30.0 Å². The van der Waals surface area contributed by atoms with Crippen LogP contribution in [0.15, 0.2) is 60.0 Å². The molecule has 1 N–H and O–H groups in total. The highest BCUT2D eigenvalue weighted by atomic mass is 32.1. The molecule has 0 unspecified atom stereocenters. The minimum Gasteiger partial charge on any atom is -0.457 e. The molecule has 1 heterocycles. The van der Waals surface area contributed by atoms with Crippen LogP contribution in [0.2, 0.25) is 0 Å². The van der Waals surface area contributed by atoms with Gasteiger partial charge < -0.3 is 14.8 Å². The quantitative estimate of drug-likeness (QED) is 0.458. The third kappa shape index (κ3) is 6.19. The molecule has 0 saturated heterocycles. The number of thiazole rings is 1. The Bertz CT molecular complexity index is 1020. The van der Waals surface area contributed by atoms with Crippen LogP contribution in [-0.2, 0) is 20.7 Å². The number of terminal acetylenes is 1. The summed E-state index contributed by atoms with van der Waals surface area (Å²) in [6.45, 7) is -0.269. The van der Waals surface area contributed by atoms with Crippen LogP contribution in [0.5, 0.6) is 11.5 Å². The summed E-state index contributed by atoms with van der Waals surface area (Å²) in [6, 6.07) is 17.1. The number of aromatic nitrogens is 1. The molecular formula is C22H18N2O4S. The molecule has 6 nitrogen and oxygen atoms in total. The first-order chi connectivity index (χ1) is 14.1. The van der Waals surface area contributed by atoms with E-state index in [1.54, 1.807) is 5.38 Å². The highest BCUT2D eigenvalue weighted by molar-refractivity contribution is 7.13. The van der Waals surface area contributed by atoms with E-state index in [4.69, 9.17) is 15.9 Å². The molecule has 0 aliphatic heterocycles. The zero-order chi connectivity index (χ0) is 20.5. The summed E-state index contributed by atoms with van der Waals surface area (Å²) in [5.74, 6) is 2.75. The predicted octanol–water partition coefficient (Wildman–Crippen LogP) is 3.44. The number of nitrogens with zero attached hydrogens (tertiary/aromatic N) is 1. The average Bonchev–Trinajstić information content (AvgIpc) is 3.20. The number of para-hydroxylation sites is 1. The van der Waals surface area contributed by atoms with Crippen molar-refractivity contribution in [3.8, 4) is 34.4 Å². The summed E-state index contributed by atoms with van der Waals surface area (Å²) in [6.07, 6.45) is 5.03. The van der Waals surface area contributed by atoms with E-state index in [0.717, 1.165) is 16.3 Å². The second-order valence-electron chi connectivity index (χ2n) is 5.91. The van der Waals surface area contributed by atoms with Gasteiger partial charge in [-0.25, -0.2) is 4.98 Å². The molecule has 1 aromatic heterocycles. The van der Waals surface area contributed by atoms with Crippen molar-refractivity contribution in [1.82, 2.24) is 10.3 Å². The molecule has 0 aliphatic carbocycles. The summed E-state index contributed by atoms with van der Waals surface area (Å²) < 4.78 is 10.8. The van der Waals surface area contributed by atoms with Crippen LogP contribution in [0.3, 0.4) is 0 Å². The minimum absolute atomic E-state index is 0.0148. The summed E-state index contributed by atoms with van der Waals surface area (Å²) in [7, 11) is 0. The topological polar surface area (TPSA) is 77.5 Å². The lowest BCUT2D eigenvalue weighted by Gasteiger charge is -2.06. The third-order valence-electron chi connectivity index (χ3n) is 3.69.